The van der Waals surface area contributed by atoms with Crippen molar-refractivity contribution in [2.75, 3.05) is 13.2 Å². The molecule has 0 bridgehead atoms. The van der Waals surface area contributed by atoms with E-state index in [0.717, 1.165) is 0 Å². The Bertz CT molecular complexity index is 645. The Hall–Kier alpha value is -2.64. The molecule has 0 saturated carbocycles. The third-order valence-corrected chi connectivity index (χ3v) is 4.04. The molecule has 0 aliphatic carbocycles. The van der Waals surface area contributed by atoms with Gasteiger partial charge in [-0.05, 0) is 32.4 Å². The van der Waals surface area contributed by atoms with Crippen LogP contribution in [0.25, 0.3) is 0 Å². The van der Waals surface area contributed by atoms with Gasteiger partial charge in [0.2, 0.25) is 0 Å². The Balaban J connectivity index is 2.36. The van der Waals surface area contributed by atoms with Gasteiger partial charge in [0.05, 0.1) is 17.4 Å². The van der Waals surface area contributed by atoms with Crippen LogP contribution in [0.3, 0.4) is 0 Å². The lowest BCUT2D eigenvalue weighted by atomic mass is 10.0. The SMILES string of the molecule is CCOc1ccc([N+](=O)[O-])c(C(=O)N2CCC(C(=O)O)C2C)c1. The molecule has 1 saturated heterocycles. The average molecular weight is 322 g/mol. The number of amides is 1. The molecule has 0 radical (unpaired) electrons. The molecule has 1 aliphatic heterocycles. The minimum absolute atomic E-state index is 0.0844. The molecule has 1 heterocycles. The van der Waals surface area contributed by atoms with Crippen molar-refractivity contribution < 1.29 is 24.4 Å². The lowest BCUT2D eigenvalue weighted by Crippen LogP contribution is -2.37. The lowest BCUT2D eigenvalue weighted by molar-refractivity contribution is -0.385. The average Bonchev–Trinajstić information content (AvgIpc) is 2.88. The summed E-state index contributed by atoms with van der Waals surface area (Å²) in [6.45, 7) is 4.03. The second kappa shape index (κ2) is 6.64. The molecule has 1 N–H and O–H groups in total. The van der Waals surface area contributed by atoms with Crippen LogP contribution < -0.4 is 4.74 Å². The number of carboxylic acids is 1. The number of nitro groups is 1. The highest BCUT2D eigenvalue weighted by atomic mass is 16.6. The Kier molecular flexibility index (Phi) is 4.83. The van der Waals surface area contributed by atoms with Gasteiger partial charge < -0.3 is 14.7 Å². The first kappa shape index (κ1) is 16.7. The van der Waals surface area contributed by atoms with Gasteiger partial charge in [0.25, 0.3) is 11.6 Å². The van der Waals surface area contributed by atoms with E-state index < -0.39 is 28.8 Å². The molecular formula is C15H18N2O6. The van der Waals surface area contributed by atoms with Crippen LogP contribution in [-0.2, 0) is 4.79 Å². The summed E-state index contributed by atoms with van der Waals surface area (Å²) >= 11 is 0. The number of aliphatic carboxylic acids is 1. The Morgan fingerprint density at radius 3 is 2.70 bits per heavy atom. The zero-order chi connectivity index (χ0) is 17.1. The maximum absolute atomic E-state index is 12.7. The van der Waals surface area contributed by atoms with Crippen molar-refractivity contribution in [2.24, 2.45) is 5.92 Å². The zero-order valence-electron chi connectivity index (χ0n) is 12.9. The van der Waals surface area contributed by atoms with Crippen LogP contribution >= 0.6 is 0 Å². The maximum Gasteiger partial charge on any atom is 0.308 e. The number of carboxylic acid groups (broad SMARTS) is 1. The number of hydrogen-bond acceptors (Lipinski definition) is 5. The van der Waals surface area contributed by atoms with E-state index in [-0.39, 0.29) is 17.8 Å². The van der Waals surface area contributed by atoms with Crippen molar-refractivity contribution in [3.8, 4) is 5.75 Å². The molecule has 8 heteroatoms. The highest BCUT2D eigenvalue weighted by Gasteiger charge is 2.40. The number of carbonyl (C=O) groups excluding carboxylic acids is 1. The van der Waals surface area contributed by atoms with E-state index in [1.807, 2.05) is 0 Å². The minimum Gasteiger partial charge on any atom is -0.494 e. The van der Waals surface area contributed by atoms with Gasteiger partial charge in [-0.3, -0.25) is 19.7 Å². The summed E-state index contributed by atoms with van der Waals surface area (Å²) in [5.41, 5.74) is -0.400. The summed E-state index contributed by atoms with van der Waals surface area (Å²) in [6.07, 6.45) is 0.335. The van der Waals surface area contributed by atoms with Crippen molar-refractivity contribution in [1.82, 2.24) is 4.90 Å². The minimum atomic E-state index is -0.967. The molecule has 1 aromatic rings. The molecule has 124 valence electrons. The summed E-state index contributed by atoms with van der Waals surface area (Å²) in [5.74, 6) is -1.81. The van der Waals surface area contributed by atoms with E-state index >= 15 is 0 Å². The largest absolute Gasteiger partial charge is 0.494 e. The fraction of sp³-hybridized carbons (Fsp3) is 0.467. The fourth-order valence-corrected chi connectivity index (χ4v) is 2.81. The molecule has 2 unspecified atom stereocenters. The fourth-order valence-electron chi connectivity index (χ4n) is 2.81. The molecular weight excluding hydrogens is 304 g/mol. The van der Waals surface area contributed by atoms with Gasteiger partial charge in [-0.1, -0.05) is 0 Å². The summed E-state index contributed by atoms with van der Waals surface area (Å²) in [7, 11) is 0. The third kappa shape index (κ3) is 3.25. The van der Waals surface area contributed by atoms with Crippen LogP contribution in [0.4, 0.5) is 5.69 Å². The van der Waals surface area contributed by atoms with E-state index in [1.165, 1.54) is 23.1 Å². The Morgan fingerprint density at radius 1 is 1.48 bits per heavy atom. The number of hydrogen-bond donors (Lipinski definition) is 1. The molecule has 0 spiro atoms. The molecule has 23 heavy (non-hydrogen) atoms. The Labute approximate surface area is 132 Å². The molecule has 2 rings (SSSR count). The van der Waals surface area contributed by atoms with Gasteiger partial charge in [-0.2, -0.15) is 0 Å². The second-order valence-corrected chi connectivity index (χ2v) is 5.34. The summed E-state index contributed by atoms with van der Waals surface area (Å²) < 4.78 is 5.29. The molecule has 1 amide bonds. The predicted molar refractivity (Wildman–Crippen MR) is 80.5 cm³/mol. The number of nitrogens with zero attached hydrogens (tertiary/aromatic N) is 2. The summed E-state index contributed by atoms with van der Waals surface area (Å²) in [6, 6.07) is 3.49. The smallest absolute Gasteiger partial charge is 0.308 e. The number of nitro benzene ring substituents is 1. The van der Waals surface area contributed by atoms with Crippen LogP contribution in [0.15, 0.2) is 18.2 Å². The van der Waals surface area contributed by atoms with Gasteiger partial charge in [-0.25, -0.2) is 0 Å². The monoisotopic (exact) mass is 322 g/mol. The third-order valence-electron chi connectivity index (χ3n) is 4.04. The maximum atomic E-state index is 12.7. The van der Waals surface area contributed by atoms with Gasteiger partial charge in [0.15, 0.2) is 0 Å². The molecule has 1 fully saturated rings. The standard InChI is InChI=1S/C15H18N2O6/c1-3-23-10-4-5-13(17(21)22)12(8-10)14(18)16-7-6-11(9(16)2)15(19)20/h4-5,8-9,11H,3,6-7H2,1-2H3,(H,19,20). The van der Waals surface area contributed by atoms with Gasteiger partial charge in [0, 0.05) is 18.7 Å². The first-order chi connectivity index (χ1) is 10.9. The first-order valence-corrected chi connectivity index (χ1v) is 7.31. The Morgan fingerprint density at radius 2 is 2.17 bits per heavy atom. The number of ether oxygens (including phenoxy) is 1. The normalized spacial score (nSPS) is 20.3. The van der Waals surface area contributed by atoms with Crippen molar-refractivity contribution in [3.63, 3.8) is 0 Å². The topological polar surface area (TPSA) is 110 Å². The van der Waals surface area contributed by atoms with Crippen molar-refractivity contribution >= 4 is 17.6 Å². The van der Waals surface area contributed by atoms with E-state index in [0.29, 0.717) is 18.8 Å². The molecule has 1 aromatic carbocycles. The van der Waals surface area contributed by atoms with Crippen LogP contribution in [0.5, 0.6) is 5.75 Å². The first-order valence-electron chi connectivity index (χ1n) is 7.31. The van der Waals surface area contributed by atoms with E-state index in [9.17, 15) is 19.7 Å². The van der Waals surface area contributed by atoms with Crippen molar-refractivity contribution in [1.29, 1.82) is 0 Å². The van der Waals surface area contributed by atoms with Gasteiger partial charge in [0.1, 0.15) is 11.3 Å². The highest BCUT2D eigenvalue weighted by molar-refractivity contribution is 5.99. The van der Waals surface area contributed by atoms with E-state index in [2.05, 4.69) is 0 Å². The van der Waals surface area contributed by atoms with Crippen molar-refractivity contribution in [2.45, 2.75) is 26.3 Å². The van der Waals surface area contributed by atoms with Crippen LogP contribution in [-0.4, -0.2) is 46.0 Å². The van der Waals surface area contributed by atoms with Crippen LogP contribution in [0.1, 0.15) is 30.6 Å². The van der Waals surface area contributed by atoms with Crippen LogP contribution in [0.2, 0.25) is 0 Å². The van der Waals surface area contributed by atoms with Crippen LogP contribution in [0, 0.1) is 16.0 Å². The van der Waals surface area contributed by atoms with Gasteiger partial charge >= 0.3 is 5.97 Å². The zero-order valence-corrected chi connectivity index (χ0v) is 12.9. The molecule has 8 nitrogen and oxygen atoms in total. The highest BCUT2D eigenvalue weighted by Crippen LogP contribution is 2.30. The number of carbonyl (C=O) groups is 2. The molecule has 0 aromatic heterocycles. The number of benzene rings is 1. The quantitative estimate of drug-likeness (QED) is 0.655. The summed E-state index contributed by atoms with van der Waals surface area (Å²) in [4.78, 5) is 35.8. The molecule has 1 aliphatic rings. The second-order valence-electron chi connectivity index (χ2n) is 5.34. The van der Waals surface area contributed by atoms with Gasteiger partial charge in [-0.15, -0.1) is 0 Å². The predicted octanol–water partition coefficient (Wildman–Crippen LogP) is 1.93. The van der Waals surface area contributed by atoms with E-state index in [4.69, 9.17) is 9.84 Å². The number of likely N-dealkylation sites (tertiary alicyclic amines) is 1. The lowest BCUT2D eigenvalue weighted by Gasteiger charge is -2.23. The summed E-state index contributed by atoms with van der Waals surface area (Å²) in [5, 5.41) is 20.3. The van der Waals surface area contributed by atoms with E-state index in [1.54, 1.807) is 13.8 Å². The molecule has 2 atom stereocenters. The number of rotatable bonds is 5. The van der Waals surface area contributed by atoms with Crippen molar-refractivity contribution in [3.05, 3.63) is 33.9 Å².